The van der Waals surface area contributed by atoms with E-state index < -0.39 is 0 Å². The molecule has 1 aromatic rings. The fourth-order valence-electron chi connectivity index (χ4n) is 1.45. The zero-order valence-corrected chi connectivity index (χ0v) is 7.77. The van der Waals surface area contributed by atoms with E-state index in [0.29, 0.717) is 17.9 Å². The minimum absolute atomic E-state index is 0. The molecule has 0 bridgehead atoms. The van der Waals surface area contributed by atoms with Crippen molar-refractivity contribution in [2.24, 2.45) is 0 Å². The second kappa shape index (κ2) is 5.38. The van der Waals surface area contributed by atoms with Crippen molar-refractivity contribution >= 4 is 0 Å². The van der Waals surface area contributed by atoms with E-state index in [2.05, 4.69) is 6.07 Å². The molecule has 1 aromatic carbocycles. The van der Waals surface area contributed by atoms with Crippen LogP contribution in [0.4, 0.5) is 0 Å². The normalized spacial score (nSPS) is 19.0. The third kappa shape index (κ3) is 2.71. The molecule has 3 heteroatoms. The Balaban J connectivity index is 0.00000112. The minimum Gasteiger partial charge on any atom is -0.487 e. The standard InChI is InChI=1S/C11H11NO2.CH4/c12-7-9-3-1-2-4-11(9)14-10-5-6-13-8-10;/h1-4,10H,5-6,8H2;1H4/t10-;/m0./s1. The number of nitrogens with zero attached hydrogens (tertiary/aromatic N) is 1. The van der Waals surface area contributed by atoms with Gasteiger partial charge in [-0.1, -0.05) is 19.6 Å². The van der Waals surface area contributed by atoms with Crippen LogP contribution in [-0.4, -0.2) is 19.3 Å². The van der Waals surface area contributed by atoms with Crippen LogP contribution in [0.2, 0.25) is 0 Å². The number of benzene rings is 1. The molecule has 0 saturated carbocycles. The van der Waals surface area contributed by atoms with Gasteiger partial charge >= 0.3 is 0 Å². The molecule has 15 heavy (non-hydrogen) atoms. The lowest BCUT2D eigenvalue weighted by Gasteiger charge is -2.12. The summed E-state index contributed by atoms with van der Waals surface area (Å²) in [6.07, 6.45) is 1.00. The molecule has 1 heterocycles. The largest absolute Gasteiger partial charge is 0.487 e. The van der Waals surface area contributed by atoms with Gasteiger partial charge in [0.05, 0.1) is 18.8 Å². The number of rotatable bonds is 2. The molecule has 80 valence electrons. The van der Waals surface area contributed by atoms with Crippen LogP contribution in [0.5, 0.6) is 5.75 Å². The maximum atomic E-state index is 8.83. The summed E-state index contributed by atoms with van der Waals surface area (Å²) in [5.74, 6) is 0.658. The highest BCUT2D eigenvalue weighted by Crippen LogP contribution is 2.20. The average molecular weight is 205 g/mol. The summed E-state index contributed by atoms with van der Waals surface area (Å²) in [7, 11) is 0. The SMILES string of the molecule is C.N#Cc1ccccc1O[C@H]1CCOC1. The predicted molar refractivity (Wildman–Crippen MR) is 57.7 cm³/mol. The molecule has 1 fully saturated rings. The molecule has 0 radical (unpaired) electrons. The Bertz CT molecular complexity index is 351. The van der Waals surface area contributed by atoms with Gasteiger partial charge in [-0.25, -0.2) is 0 Å². The average Bonchev–Trinajstić information content (AvgIpc) is 2.71. The zero-order valence-electron chi connectivity index (χ0n) is 7.77. The van der Waals surface area contributed by atoms with Crippen molar-refractivity contribution in [1.29, 1.82) is 5.26 Å². The molecule has 0 N–H and O–H groups in total. The van der Waals surface area contributed by atoms with Crippen molar-refractivity contribution in [3.05, 3.63) is 29.8 Å². The number of nitriles is 1. The first-order valence-electron chi connectivity index (χ1n) is 4.63. The Hall–Kier alpha value is -1.53. The smallest absolute Gasteiger partial charge is 0.137 e. The van der Waals surface area contributed by atoms with Crippen molar-refractivity contribution in [3.63, 3.8) is 0 Å². The third-order valence-corrected chi connectivity index (χ3v) is 2.19. The molecule has 2 rings (SSSR count). The number of ether oxygens (including phenoxy) is 2. The van der Waals surface area contributed by atoms with Crippen LogP contribution in [0.3, 0.4) is 0 Å². The summed E-state index contributed by atoms with van der Waals surface area (Å²) >= 11 is 0. The first kappa shape index (κ1) is 11.5. The van der Waals surface area contributed by atoms with Gasteiger partial charge in [0.2, 0.25) is 0 Å². The quantitative estimate of drug-likeness (QED) is 0.744. The van der Waals surface area contributed by atoms with Gasteiger partial charge in [-0.15, -0.1) is 0 Å². The van der Waals surface area contributed by atoms with E-state index in [1.54, 1.807) is 6.07 Å². The second-order valence-corrected chi connectivity index (χ2v) is 3.21. The first-order valence-corrected chi connectivity index (χ1v) is 4.63. The van der Waals surface area contributed by atoms with Gasteiger partial charge in [0, 0.05) is 6.42 Å². The third-order valence-electron chi connectivity index (χ3n) is 2.19. The monoisotopic (exact) mass is 205 g/mol. The highest BCUT2D eigenvalue weighted by atomic mass is 16.5. The summed E-state index contributed by atoms with van der Waals surface area (Å²) in [6, 6.07) is 9.37. The van der Waals surface area contributed by atoms with E-state index in [9.17, 15) is 0 Å². The predicted octanol–water partition coefficient (Wildman–Crippen LogP) is 2.36. The zero-order chi connectivity index (χ0) is 9.80. The number of hydrogen-bond donors (Lipinski definition) is 0. The lowest BCUT2D eigenvalue weighted by Crippen LogP contribution is -2.16. The Morgan fingerprint density at radius 3 is 2.87 bits per heavy atom. The Morgan fingerprint density at radius 1 is 1.40 bits per heavy atom. The van der Waals surface area contributed by atoms with Crippen LogP contribution < -0.4 is 4.74 Å². The van der Waals surface area contributed by atoms with E-state index >= 15 is 0 Å². The topological polar surface area (TPSA) is 42.2 Å². The molecule has 0 unspecified atom stereocenters. The van der Waals surface area contributed by atoms with Crippen molar-refractivity contribution in [1.82, 2.24) is 0 Å². The molecule has 1 atom stereocenters. The van der Waals surface area contributed by atoms with Gasteiger partial charge in [0.25, 0.3) is 0 Å². The van der Waals surface area contributed by atoms with E-state index in [-0.39, 0.29) is 13.5 Å². The maximum Gasteiger partial charge on any atom is 0.137 e. The van der Waals surface area contributed by atoms with Crippen LogP contribution in [0.15, 0.2) is 24.3 Å². The Kier molecular flexibility index (Phi) is 4.14. The highest BCUT2D eigenvalue weighted by molar-refractivity contribution is 5.42. The molecular formula is C12H15NO2. The molecule has 1 aliphatic rings. The number of para-hydroxylation sites is 1. The van der Waals surface area contributed by atoms with Crippen LogP contribution >= 0.6 is 0 Å². The van der Waals surface area contributed by atoms with Crippen molar-refractivity contribution in [3.8, 4) is 11.8 Å². The summed E-state index contributed by atoms with van der Waals surface area (Å²) in [5, 5.41) is 8.83. The van der Waals surface area contributed by atoms with Crippen molar-refractivity contribution < 1.29 is 9.47 Å². The fourth-order valence-corrected chi connectivity index (χ4v) is 1.45. The van der Waals surface area contributed by atoms with Gasteiger partial charge in [0.1, 0.15) is 17.9 Å². The minimum atomic E-state index is 0. The summed E-state index contributed by atoms with van der Waals surface area (Å²) in [4.78, 5) is 0. The Morgan fingerprint density at radius 2 is 2.20 bits per heavy atom. The van der Waals surface area contributed by atoms with E-state index in [0.717, 1.165) is 13.0 Å². The molecule has 1 aliphatic heterocycles. The molecule has 3 nitrogen and oxygen atoms in total. The van der Waals surface area contributed by atoms with E-state index in [4.69, 9.17) is 14.7 Å². The molecule has 1 saturated heterocycles. The molecule has 0 spiro atoms. The van der Waals surface area contributed by atoms with Crippen LogP contribution in [0, 0.1) is 11.3 Å². The van der Waals surface area contributed by atoms with Crippen molar-refractivity contribution in [2.75, 3.05) is 13.2 Å². The summed E-state index contributed by atoms with van der Waals surface area (Å²) in [5.41, 5.74) is 0.583. The molecule has 0 aliphatic carbocycles. The molecular weight excluding hydrogens is 190 g/mol. The van der Waals surface area contributed by atoms with Gasteiger partial charge in [-0.05, 0) is 12.1 Å². The lowest BCUT2D eigenvalue weighted by molar-refractivity contribution is 0.141. The van der Waals surface area contributed by atoms with Crippen LogP contribution in [0.1, 0.15) is 19.4 Å². The highest BCUT2D eigenvalue weighted by Gasteiger charge is 2.18. The molecule has 0 aromatic heterocycles. The van der Waals surface area contributed by atoms with Gasteiger partial charge < -0.3 is 9.47 Å². The lowest BCUT2D eigenvalue weighted by atomic mass is 10.2. The summed E-state index contributed by atoms with van der Waals surface area (Å²) < 4.78 is 10.8. The Labute approximate surface area is 90.2 Å². The van der Waals surface area contributed by atoms with Gasteiger partial charge in [-0.2, -0.15) is 5.26 Å². The van der Waals surface area contributed by atoms with Crippen LogP contribution in [0.25, 0.3) is 0 Å². The van der Waals surface area contributed by atoms with Crippen LogP contribution in [-0.2, 0) is 4.74 Å². The van der Waals surface area contributed by atoms with E-state index in [1.165, 1.54) is 0 Å². The van der Waals surface area contributed by atoms with Gasteiger partial charge in [-0.3, -0.25) is 0 Å². The maximum absolute atomic E-state index is 8.83. The molecule has 0 amide bonds. The van der Waals surface area contributed by atoms with Gasteiger partial charge in [0.15, 0.2) is 0 Å². The van der Waals surface area contributed by atoms with Crippen molar-refractivity contribution in [2.45, 2.75) is 20.0 Å². The fraction of sp³-hybridized carbons (Fsp3) is 0.417. The second-order valence-electron chi connectivity index (χ2n) is 3.21. The number of hydrogen-bond acceptors (Lipinski definition) is 3. The van der Waals surface area contributed by atoms with E-state index in [1.807, 2.05) is 18.2 Å². The summed E-state index contributed by atoms with van der Waals surface area (Å²) in [6.45, 7) is 1.37. The first-order chi connectivity index (χ1) is 6.90.